The molecule has 1 N–H and O–H groups in total. The highest BCUT2D eigenvalue weighted by Crippen LogP contribution is 2.49. The quantitative estimate of drug-likeness (QED) is 0.172. The molecule has 0 saturated heterocycles. The molecule has 3 aromatic carbocycles. The molecular formula is C24H16F8O4. The molecule has 3 rings (SSSR count). The summed E-state index contributed by atoms with van der Waals surface area (Å²) in [5.41, 5.74) is -5.57. The lowest BCUT2D eigenvalue weighted by atomic mass is 10.0. The fourth-order valence-electron chi connectivity index (χ4n) is 3.27. The van der Waals surface area contributed by atoms with Crippen LogP contribution in [0.3, 0.4) is 0 Å². The molecule has 0 saturated carbocycles. The van der Waals surface area contributed by atoms with Crippen LogP contribution in [0.1, 0.15) is 44.5 Å². The maximum atomic E-state index is 14.1. The van der Waals surface area contributed by atoms with Gasteiger partial charge in [0.2, 0.25) is 6.29 Å². The minimum atomic E-state index is -5.74. The van der Waals surface area contributed by atoms with Gasteiger partial charge in [0.15, 0.2) is 0 Å². The number of benzene rings is 3. The lowest BCUT2D eigenvalue weighted by Gasteiger charge is -2.23. The number of ether oxygens (including phenoxy) is 2. The lowest BCUT2D eigenvalue weighted by Crippen LogP contribution is -2.22. The second-order valence-electron chi connectivity index (χ2n) is 7.68. The zero-order valence-electron chi connectivity index (χ0n) is 18.4. The number of hydrogen-bond acceptors (Lipinski definition) is 4. The molecule has 1 unspecified atom stereocenters. The van der Waals surface area contributed by atoms with Gasteiger partial charge in [0, 0.05) is 0 Å². The molecule has 0 aliphatic carbocycles. The lowest BCUT2D eigenvalue weighted by molar-refractivity contribution is -0.165. The van der Waals surface area contributed by atoms with Crippen molar-refractivity contribution in [3.8, 4) is 11.5 Å². The predicted molar refractivity (Wildman–Crippen MR) is 109 cm³/mol. The minimum absolute atomic E-state index is 0.343. The van der Waals surface area contributed by atoms with Gasteiger partial charge in [-0.3, -0.25) is 0 Å². The maximum Gasteiger partial charge on any atom is 0.420 e. The number of carbonyl (C=O) groups excluding carboxylic acids is 1. The Morgan fingerprint density at radius 3 is 1.81 bits per heavy atom. The smallest absolute Gasteiger partial charge is 0.420 e. The molecule has 0 bridgehead atoms. The fraction of sp³-hybridized carbons (Fsp3) is 0.208. The minimum Gasteiger partial charge on any atom is -0.460 e. The molecule has 0 aliphatic rings. The van der Waals surface area contributed by atoms with Crippen molar-refractivity contribution >= 4 is 5.97 Å². The molecule has 192 valence electrons. The van der Waals surface area contributed by atoms with Gasteiger partial charge in [-0.2, -0.15) is 26.3 Å². The Hall–Kier alpha value is -3.67. The Balaban J connectivity index is 2.11. The van der Waals surface area contributed by atoms with Crippen LogP contribution in [0.5, 0.6) is 11.5 Å². The molecule has 36 heavy (non-hydrogen) atoms. The van der Waals surface area contributed by atoms with Gasteiger partial charge >= 0.3 is 18.3 Å². The number of hydrogen-bond donors (Lipinski definition) is 1. The standard InChI is InChI=1S/C24H16F8O4/c1-11-3-5-13(15(25)9-11)21(33)35-17-7-8-18(20(24(30,31)32)19(17)23(27,28)29)36-22(34)14-6-4-12(2)10-16(14)26/h3-10,21,33H,1-2H3. The van der Waals surface area contributed by atoms with Crippen LogP contribution in [0, 0.1) is 25.5 Å². The molecule has 3 aromatic rings. The summed E-state index contributed by atoms with van der Waals surface area (Å²) < 4.78 is 120. The third kappa shape index (κ3) is 5.76. The highest BCUT2D eigenvalue weighted by molar-refractivity contribution is 5.91. The number of aryl methyl sites for hydroxylation is 2. The number of carbonyl (C=O) groups is 1. The van der Waals surface area contributed by atoms with Crippen molar-refractivity contribution in [1.29, 1.82) is 0 Å². The average Bonchev–Trinajstić information content (AvgIpc) is 2.72. The second-order valence-corrected chi connectivity index (χ2v) is 7.68. The highest BCUT2D eigenvalue weighted by atomic mass is 19.4. The maximum absolute atomic E-state index is 14.1. The Labute approximate surface area is 198 Å². The summed E-state index contributed by atoms with van der Waals surface area (Å²) in [4.78, 5) is 12.3. The Morgan fingerprint density at radius 2 is 1.28 bits per heavy atom. The van der Waals surface area contributed by atoms with Gasteiger partial charge < -0.3 is 14.6 Å². The summed E-state index contributed by atoms with van der Waals surface area (Å²) in [6.45, 7) is 2.95. The van der Waals surface area contributed by atoms with Gasteiger partial charge in [-0.15, -0.1) is 0 Å². The number of rotatable bonds is 5. The number of halogens is 8. The van der Waals surface area contributed by atoms with Crippen LogP contribution >= 0.6 is 0 Å². The van der Waals surface area contributed by atoms with E-state index in [0.29, 0.717) is 23.3 Å². The van der Waals surface area contributed by atoms with E-state index in [9.17, 15) is 45.0 Å². The molecule has 12 heteroatoms. The molecular weight excluding hydrogens is 504 g/mol. The van der Waals surface area contributed by atoms with Gasteiger partial charge in [0.25, 0.3) is 0 Å². The van der Waals surface area contributed by atoms with E-state index in [1.54, 1.807) is 0 Å². The topological polar surface area (TPSA) is 55.8 Å². The molecule has 0 fully saturated rings. The first-order chi connectivity index (χ1) is 16.6. The third-order valence-electron chi connectivity index (χ3n) is 4.90. The van der Waals surface area contributed by atoms with Crippen LogP contribution in [0.15, 0.2) is 48.5 Å². The van der Waals surface area contributed by atoms with Crippen LogP contribution in [0.2, 0.25) is 0 Å². The van der Waals surface area contributed by atoms with E-state index in [0.717, 1.165) is 24.3 Å². The summed E-state index contributed by atoms with van der Waals surface area (Å²) in [6.07, 6.45) is -13.9. The monoisotopic (exact) mass is 520 g/mol. The van der Waals surface area contributed by atoms with Crippen LogP contribution in [-0.4, -0.2) is 11.1 Å². The Morgan fingerprint density at radius 1 is 0.778 bits per heavy atom. The SMILES string of the molecule is Cc1ccc(C(=O)Oc2ccc(OC(O)c3ccc(C)cc3F)c(C(F)(F)F)c2C(F)(F)F)c(F)c1. The van der Waals surface area contributed by atoms with Crippen molar-refractivity contribution in [1.82, 2.24) is 0 Å². The van der Waals surface area contributed by atoms with E-state index < -0.39 is 70.0 Å². The molecule has 0 heterocycles. The first-order valence-electron chi connectivity index (χ1n) is 10.00. The zero-order chi connectivity index (χ0) is 27.0. The summed E-state index contributed by atoms with van der Waals surface area (Å²) in [7, 11) is 0. The molecule has 0 aliphatic heterocycles. The van der Waals surface area contributed by atoms with Crippen LogP contribution in [0.4, 0.5) is 35.1 Å². The number of esters is 1. The van der Waals surface area contributed by atoms with Gasteiger partial charge in [0.1, 0.15) is 34.3 Å². The average molecular weight is 520 g/mol. The van der Waals surface area contributed by atoms with Crippen molar-refractivity contribution in [2.75, 3.05) is 0 Å². The van der Waals surface area contributed by atoms with Gasteiger partial charge in [-0.25, -0.2) is 13.6 Å². The summed E-state index contributed by atoms with van der Waals surface area (Å²) in [5.74, 6) is -7.00. The molecule has 0 amide bonds. The first kappa shape index (κ1) is 26.9. The van der Waals surface area contributed by atoms with Crippen molar-refractivity contribution in [2.45, 2.75) is 32.5 Å². The normalized spacial score (nSPS) is 12.9. The molecule has 0 radical (unpaired) electrons. The van der Waals surface area contributed by atoms with Crippen molar-refractivity contribution in [2.24, 2.45) is 0 Å². The molecule has 1 atom stereocenters. The third-order valence-corrected chi connectivity index (χ3v) is 4.90. The summed E-state index contributed by atoms with van der Waals surface area (Å²) >= 11 is 0. The van der Waals surface area contributed by atoms with Crippen molar-refractivity contribution in [3.05, 3.63) is 93.5 Å². The van der Waals surface area contributed by atoms with E-state index >= 15 is 0 Å². The number of aliphatic hydroxyl groups is 1. The summed E-state index contributed by atoms with van der Waals surface area (Å²) in [5, 5.41) is 10.1. The molecule has 0 spiro atoms. The van der Waals surface area contributed by atoms with Gasteiger partial charge in [-0.05, 0) is 61.4 Å². The predicted octanol–water partition coefficient (Wildman–Crippen LogP) is 6.91. The first-order valence-corrected chi connectivity index (χ1v) is 10.00. The van der Waals surface area contributed by atoms with E-state index in [1.165, 1.54) is 26.0 Å². The van der Waals surface area contributed by atoms with Crippen molar-refractivity contribution < 1.29 is 54.5 Å². The Kier molecular flexibility index (Phi) is 7.30. The number of aliphatic hydroxyl groups excluding tert-OH is 1. The van der Waals surface area contributed by atoms with Gasteiger partial charge in [-0.1, -0.05) is 12.1 Å². The van der Waals surface area contributed by atoms with Crippen LogP contribution < -0.4 is 9.47 Å². The van der Waals surface area contributed by atoms with Crippen LogP contribution in [-0.2, 0) is 12.4 Å². The Bertz CT molecular complexity index is 1300. The summed E-state index contributed by atoms with van der Waals surface area (Å²) in [6, 6.07) is 6.94. The van der Waals surface area contributed by atoms with E-state index in [2.05, 4.69) is 9.47 Å². The van der Waals surface area contributed by atoms with E-state index in [1.807, 2.05) is 0 Å². The van der Waals surface area contributed by atoms with Crippen molar-refractivity contribution in [3.63, 3.8) is 0 Å². The number of alkyl halides is 6. The second kappa shape index (κ2) is 9.76. The van der Waals surface area contributed by atoms with Crippen LogP contribution in [0.25, 0.3) is 0 Å². The fourth-order valence-corrected chi connectivity index (χ4v) is 3.27. The molecule has 0 aromatic heterocycles. The molecule has 4 nitrogen and oxygen atoms in total. The van der Waals surface area contributed by atoms with Gasteiger partial charge in [0.05, 0.1) is 11.1 Å². The van der Waals surface area contributed by atoms with E-state index in [-0.39, 0.29) is 0 Å². The zero-order valence-corrected chi connectivity index (χ0v) is 18.4. The largest absolute Gasteiger partial charge is 0.460 e. The van der Waals surface area contributed by atoms with E-state index in [4.69, 9.17) is 0 Å². The highest BCUT2D eigenvalue weighted by Gasteiger charge is 2.49.